The Bertz CT molecular complexity index is 472. The summed E-state index contributed by atoms with van der Waals surface area (Å²) in [5.74, 6) is -0.355. The highest BCUT2D eigenvalue weighted by atomic mass is 16.2. The minimum atomic E-state index is -0.483. The summed E-state index contributed by atoms with van der Waals surface area (Å²) in [6, 6.07) is 5.03. The molecule has 3 N–H and O–H groups in total. The minimum absolute atomic E-state index is 0.355. The average molecular weight is 263 g/mol. The van der Waals surface area contributed by atoms with Gasteiger partial charge in [-0.2, -0.15) is 0 Å². The van der Waals surface area contributed by atoms with Crippen molar-refractivity contribution in [1.82, 2.24) is 10.6 Å². The molecule has 1 aromatic carbocycles. The van der Waals surface area contributed by atoms with Gasteiger partial charge in [0.1, 0.15) is 6.04 Å². The van der Waals surface area contributed by atoms with Crippen LogP contribution in [-0.2, 0) is 4.79 Å². The highest BCUT2D eigenvalue weighted by Crippen LogP contribution is 2.17. The number of carbonyl (C=O) groups excluding carboxylic acids is 2. The van der Waals surface area contributed by atoms with Crippen LogP contribution in [0, 0.1) is 13.8 Å². The molecular weight excluding hydrogens is 242 g/mol. The summed E-state index contributed by atoms with van der Waals surface area (Å²) < 4.78 is 0. The van der Waals surface area contributed by atoms with E-state index in [0.717, 1.165) is 16.8 Å². The molecule has 0 aliphatic rings. The predicted molar refractivity (Wildman–Crippen MR) is 76.2 cm³/mol. The molecule has 0 aliphatic carbocycles. The van der Waals surface area contributed by atoms with Gasteiger partial charge in [-0.05, 0) is 44.9 Å². The molecule has 0 aromatic heterocycles. The Morgan fingerprint density at radius 2 is 1.95 bits per heavy atom. The lowest BCUT2D eigenvalue weighted by molar-refractivity contribution is -0.120. The lowest BCUT2D eigenvalue weighted by atomic mass is 10.1. The van der Waals surface area contributed by atoms with E-state index >= 15 is 0 Å². The fraction of sp³-hybridized carbons (Fsp3) is 0.429. The van der Waals surface area contributed by atoms with Crippen LogP contribution in [-0.4, -0.2) is 24.5 Å². The first-order valence-corrected chi connectivity index (χ1v) is 6.36. The Morgan fingerprint density at radius 3 is 2.58 bits per heavy atom. The molecule has 104 valence electrons. The summed E-state index contributed by atoms with van der Waals surface area (Å²) in [5, 5.41) is 7.91. The van der Waals surface area contributed by atoms with Gasteiger partial charge in [-0.15, -0.1) is 0 Å². The zero-order valence-corrected chi connectivity index (χ0v) is 11.8. The Kier molecular flexibility index (Phi) is 5.36. The topological polar surface area (TPSA) is 70.2 Å². The zero-order valence-electron chi connectivity index (χ0n) is 11.8. The number of hydrogen-bond acceptors (Lipinski definition) is 3. The number of benzene rings is 1. The maximum absolute atomic E-state index is 11.8. The number of amides is 3. The van der Waals surface area contributed by atoms with Gasteiger partial charge in [-0.3, -0.25) is 10.1 Å². The Labute approximate surface area is 113 Å². The second-order valence-electron chi connectivity index (χ2n) is 4.53. The fourth-order valence-electron chi connectivity index (χ4n) is 1.62. The average Bonchev–Trinajstić information content (AvgIpc) is 2.34. The fourth-order valence-corrected chi connectivity index (χ4v) is 1.62. The molecule has 0 unspecified atom stereocenters. The molecule has 0 bridgehead atoms. The summed E-state index contributed by atoms with van der Waals surface area (Å²) in [7, 11) is 0. The van der Waals surface area contributed by atoms with Crippen molar-refractivity contribution in [1.29, 1.82) is 0 Å². The largest absolute Gasteiger partial charge is 0.374 e. The van der Waals surface area contributed by atoms with Crippen molar-refractivity contribution in [2.45, 2.75) is 33.7 Å². The number of nitrogens with one attached hydrogen (secondary N) is 3. The van der Waals surface area contributed by atoms with Gasteiger partial charge in [0.25, 0.3) is 0 Å². The third kappa shape index (κ3) is 4.62. The highest BCUT2D eigenvalue weighted by Gasteiger charge is 2.15. The number of imide groups is 1. The van der Waals surface area contributed by atoms with E-state index in [1.165, 1.54) is 0 Å². The van der Waals surface area contributed by atoms with Crippen LogP contribution in [0.1, 0.15) is 25.0 Å². The van der Waals surface area contributed by atoms with Crippen LogP contribution in [0.25, 0.3) is 0 Å². The normalized spacial score (nSPS) is 11.6. The summed E-state index contributed by atoms with van der Waals surface area (Å²) in [4.78, 5) is 23.1. The number of aryl methyl sites for hydroxylation is 2. The molecule has 0 radical (unpaired) electrons. The monoisotopic (exact) mass is 263 g/mol. The van der Waals surface area contributed by atoms with Crippen LogP contribution in [0.15, 0.2) is 18.2 Å². The number of hydrogen-bond donors (Lipinski definition) is 3. The smallest absolute Gasteiger partial charge is 0.321 e. The van der Waals surface area contributed by atoms with Crippen LogP contribution in [0.3, 0.4) is 0 Å². The first-order valence-electron chi connectivity index (χ1n) is 6.36. The van der Waals surface area contributed by atoms with Crippen LogP contribution < -0.4 is 16.0 Å². The second-order valence-corrected chi connectivity index (χ2v) is 4.53. The SMILES string of the molecule is CCNC(=O)NC(=O)[C@@H](C)Nc1cc(C)ccc1C. The molecule has 1 atom stereocenters. The zero-order chi connectivity index (χ0) is 14.4. The van der Waals surface area contributed by atoms with Crippen LogP contribution in [0.4, 0.5) is 10.5 Å². The number of carbonyl (C=O) groups is 2. The van der Waals surface area contributed by atoms with E-state index in [4.69, 9.17) is 0 Å². The molecule has 3 amide bonds. The molecule has 1 rings (SSSR count). The van der Waals surface area contributed by atoms with E-state index in [0.29, 0.717) is 6.54 Å². The van der Waals surface area contributed by atoms with Crippen molar-refractivity contribution in [3.05, 3.63) is 29.3 Å². The van der Waals surface area contributed by atoms with Gasteiger partial charge in [0.2, 0.25) is 5.91 Å². The molecule has 0 saturated carbocycles. The van der Waals surface area contributed by atoms with Crippen LogP contribution in [0.2, 0.25) is 0 Å². The van der Waals surface area contributed by atoms with Crippen molar-refractivity contribution < 1.29 is 9.59 Å². The molecule has 0 saturated heterocycles. The van der Waals surface area contributed by atoms with Crippen LogP contribution in [0.5, 0.6) is 0 Å². The van der Waals surface area contributed by atoms with Crippen molar-refractivity contribution in [2.24, 2.45) is 0 Å². The van der Waals surface area contributed by atoms with Gasteiger partial charge in [-0.25, -0.2) is 4.79 Å². The standard InChI is InChI=1S/C14H21N3O2/c1-5-15-14(19)17-13(18)11(4)16-12-8-9(2)6-7-10(12)3/h6-8,11,16H,5H2,1-4H3,(H2,15,17,18,19)/t11-/m1/s1. The highest BCUT2D eigenvalue weighted by molar-refractivity contribution is 5.98. The number of urea groups is 1. The lowest BCUT2D eigenvalue weighted by Gasteiger charge is -2.17. The number of anilines is 1. The van der Waals surface area contributed by atoms with E-state index in [2.05, 4.69) is 16.0 Å². The molecule has 5 nitrogen and oxygen atoms in total. The van der Waals surface area contributed by atoms with Crippen LogP contribution >= 0.6 is 0 Å². The molecule has 5 heteroatoms. The molecule has 0 aliphatic heterocycles. The summed E-state index contributed by atoms with van der Waals surface area (Å²) in [6.07, 6.45) is 0. The van der Waals surface area contributed by atoms with Gasteiger partial charge in [-0.1, -0.05) is 12.1 Å². The van der Waals surface area contributed by atoms with Crippen molar-refractivity contribution in [3.8, 4) is 0 Å². The van der Waals surface area contributed by atoms with Gasteiger partial charge >= 0.3 is 6.03 Å². The lowest BCUT2D eigenvalue weighted by Crippen LogP contribution is -2.45. The maximum Gasteiger partial charge on any atom is 0.321 e. The first kappa shape index (κ1) is 15.0. The van der Waals surface area contributed by atoms with Gasteiger partial charge in [0.05, 0.1) is 0 Å². The summed E-state index contributed by atoms with van der Waals surface area (Å²) in [6.45, 7) is 7.95. The maximum atomic E-state index is 11.8. The quantitative estimate of drug-likeness (QED) is 0.777. The summed E-state index contributed by atoms with van der Waals surface area (Å²) >= 11 is 0. The predicted octanol–water partition coefficient (Wildman–Crippen LogP) is 1.95. The van der Waals surface area contributed by atoms with E-state index in [1.807, 2.05) is 32.0 Å². The first-order chi connectivity index (χ1) is 8.93. The van der Waals surface area contributed by atoms with Gasteiger partial charge < -0.3 is 10.6 Å². The van der Waals surface area contributed by atoms with E-state index in [-0.39, 0.29) is 5.91 Å². The molecule has 1 aromatic rings. The van der Waals surface area contributed by atoms with Crippen molar-refractivity contribution in [3.63, 3.8) is 0 Å². The Morgan fingerprint density at radius 1 is 1.26 bits per heavy atom. The number of rotatable bonds is 4. The minimum Gasteiger partial charge on any atom is -0.374 e. The molecule has 0 heterocycles. The van der Waals surface area contributed by atoms with Gasteiger partial charge in [0, 0.05) is 12.2 Å². The Balaban J connectivity index is 2.63. The van der Waals surface area contributed by atoms with Crippen molar-refractivity contribution >= 4 is 17.6 Å². The summed E-state index contributed by atoms with van der Waals surface area (Å²) in [5.41, 5.74) is 3.08. The second kappa shape index (κ2) is 6.78. The third-order valence-corrected chi connectivity index (χ3v) is 2.73. The Hall–Kier alpha value is -2.04. The van der Waals surface area contributed by atoms with E-state index < -0.39 is 12.1 Å². The molecular formula is C14H21N3O2. The van der Waals surface area contributed by atoms with Gasteiger partial charge in [0.15, 0.2) is 0 Å². The van der Waals surface area contributed by atoms with E-state index in [1.54, 1.807) is 13.8 Å². The molecule has 0 fully saturated rings. The van der Waals surface area contributed by atoms with Crippen molar-refractivity contribution in [2.75, 3.05) is 11.9 Å². The third-order valence-electron chi connectivity index (χ3n) is 2.73. The van der Waals surface area contributed by atoms with E-state index in [9.17, 15) is 9.59 Å². The molecule has 19 heavy (non-hydrogen) atoms. The molecule has 0 spiro atoms.